The molecule has 110 valence electrons. The Hall–Kier alpha value is -2.37. The molecule has 0 aliphatic heterocycles. The lowest BCUT2D eigenvalue weighted by atomic mass is 10.1. The molecule has 0 amide bonds. The molecule has 0 atom stereocenters. The molecule has 3 heterocycles. The Balaban J connectivity index is 2.18. The van der Waals surface area contributed by atoms with Gasteiger partial charge in [-0.1, -0.05) is 6.08 Å². The van der Waals surface area contributed by atoms with Crippen molar-refractivity contribution in [3.63, 3.8) is 0 Å². The third-order valence-electron chi connectivity index (χ3n) is 3.52. The van der Waals surface area contributed by atoms with Gasteiger partial charge in [-0.05, 0) is 36.8 Å². The maximum Gasteiger partial charge on any atom is 0.0895 e. The average molecular weight is 308 g/mol. The molecule has 3 aromatic rings. The number of pyridine rings is 2. The van der Waals surface area contributed by atoms with Crippen LogP contribution in [-0.4, -0.2) is 16.2 Å². The molecule has 0 aliphatic rings. The zero-order chi connectivity index (χ0) is 15.5. The minimum atomic E-state index is 0.422. The number of hydrogen-bond acceptors (Lipinski definition) is 5. The monoisotopic (exact) mass is 308 g/mol. The number of allylic oxidation sites excluding steroid dienone is 2. The second-order valence-electron chi connectivity index (χ2n) is 4.82. The highest BCUT2D eigenvalue weighted by atomic mass is 32.1. The maximum absolute atomic E-state index is 7.49. The molecule has 5 heteroatoms. The molecule has 3 N–H and O–H groups in total. The quantitative estimate of drug-likeness (QED) is 0.718. The molecule has 0 saturated heterocycles. The fourth-order valence-electron chi connectivity index (χ4n) is 2.34. The van der Waals surface area contributed by atoms with E-state index in [2.05, 4.69) is 16.4 Å². The molecule has 0 bridgehead atoms. The standard InChI is InChI=1S/C17H16N4S/c1-2-11(8-18)15-3-4-16-17(21-15)14(10-22-16)12-5-6-20-13(7-12)9-19/h2-8,10,18H,9,19H2,1H3/b11-2+,18-8?. The van der Waals surface area contributed by atoms with E-state index in [0.717, 1.165) is 38.3 Å². The Morgan fingerprint density at radius 1 is 1.36 bits per heavy atom. The summed E-state index contributed by atoms with van der Waals surface area (Å²) in [6.45, 7) is 2.34. The molecule has 22 heavy (non-hydrogen) atoms. The van der Waals surface area contributed by atoms with Crippen molar-refractivity contribution in [2.75, 3.05) is 0 Å². The first-order chi connectivity index (χ1) is 10.8. The van der Waals surface area contributed by atoms with Crippen molar-refractivity contribution in [3.05, 3.63) is 53.3 Å². The first kappa shape index (κ1) is 14.6. The van der Waals surface area contributed by atoms with E-state index >= 15 is 0 Å². The molecule has 0 spiro atoms. The number of rotatable bonds is 4. The molecule has 0 saturated carbocycles. The van der Waals surface area contributed by atoms with Crippen LogP contribution in [0.2, 0.25) is 0 Å². The van der Waals surface area contributed by atoms with Crippen LogP contribution in [-0.2, 0) is 6.54 Å². The van der Waals surface area contributed by atoms with Crippen molar-refractivity contribution in [1.29, 1.82) is 5.41 Å². The molecule has 4 nitrogen and oxygen atoms in total. The summed E-state index contributed by atoms with van der Waals surface area (Å²) in [5, 5.41) is 9.59. The van der Waals surface area contributed by atoms with Crippen LogP contribution in [0, 0.1) is 5.41 Å². The molecule has 0 fully saturated rings. The molecule has 0 aliphatic carbocycles. The van der Waals surface area contributed by atoms with E-state index in [1.165, 1.54) is 6.21 Å². The van der Waals surface area contributed by atoms with Crippen LogP contribution in [0.15, 0.2) is 41.9 Å². The van der Waals surface area contributed by atoms with E-state index in [1.807, 2.05) is 31.2 Å². The van der Waals surface area contributed by atoms with Crippen LogP contribution >= 0.6 is 11.3 Å². The van der Waals surface area contributed by atoms with E-state index in [4.69, 9.17) is 16.1 Å². The SMILES string of the molecule is C/C=C(\C=N)c1ccc2scc(-c3ccnc(CN)c3)c2n1. The van der Waals surface area contributed by atoms with Crippen LogP contribution in [0.1, 0.15) is 18.3 Å². The summed E-state index contributed by atoms with van der Waals surface area (Å²) in [4.78, 5) is 8.99. The lowest BCUT2D eigenvalue weighted by molar-refractivity contribution is 0.992. The molecule has 0 unspecified atom stereocenters. The molecular formula is C17H16N4S. The van der Waals surface area contributed by atoms with Gasteiger partial charge in [0.15, 0.2) is 0 Å². The highest BCUT2D eigenvalue weighted by molar-refractivity contribution is 7.17. The minimum Gasteiger partial charge on any atom is -0.325 e. The average Bonchev–Trinajstić information content (AvgIpc) is 2.99. The van der Waals surface area contributed by atoms with Crippen molar-refractivity contribution in [2.24, 2.45) is 5.73 Å². The lowest BCUT2D eigenvalue weighted by Gasteiger charge is -2.04. The predicted molar refractivity (Wildman–Crippen MR) is 93.2 cm³/mol. The number of fused-ring (bicyclic) bond motifs is 1. The third-order valence-corrected chi connectivity index (χ3v) is 4.45. The van der Waals surface area contributed by atoms with Crippen molar-refractivity contribution in [2.45, 2.75) is 13.5 Å². The van der Waals surface area contributed by atoms with Gasteiger partial charge in [0.1, 0.15) is 0 Å². The smallest absolute Gasteiger partial charge is 0.0895 e. The summed E-state index contributed by atoms with van der Waals surface area (Å²) >= 11 is 1.67. The first-order valence-corrected chi connectivity index (χ1v) is 7.85. The third kappa shape index (κ3) is 2.56. The first-order valence-electron chi connectivity index (χ1n) is 6.97. The van der Waals surface area contributed by atoms with Gasteiger partial charge in [-0.15, -0.1) is 11.3 Å². The lowest BCUT2D eigenvalue weighted by Crippen LogP contribution is -1.99. The van der Waals surface area contributed by atoms with Crippen molar-refractivity contribution in [1.82, 2.24) is 9.97 Å². The number of hydrogen-bond donors (Lipinski definition) is 2. The van der Waals surface area contributed by atoms with Gasteiger partial charge >= 0.3 is 0 Å². The Morgan fingerprint density at radius 3 is 2.95 bits per heavy atom. The Labute approximate surface area is 132 Å². The molecule has 3 aromatic heterocycles. The second kappa shape index (κ2) is 6.17. The number of nitrogens with zero attached hydrogens (tertiary/aromatic N) is 2. The largest absolute Gasteiger partial charge is 0.325 e. The highest BCUT2D eigenvalue weighted by Gasteiger charge is 2.10. The van der Waals surface area contributed by atoms with E-state index in [-0.39, 0.29) is 0 Å². The van der Waals surface area contributed by atoms with Crippen LogP contribution in [0.3, 0.4) is 0 Å². The van der Waals surface area contributed by atoms with Gasteiger partial charge in [0.2, 0.25) is 0 Å². The number of aromatic nitrogens is 2. The van der Waals surface area contributed by atoms with Crippen LogP contribution in [0.25, 0.3) is 26.9 Å². The van der Waals surface area contributed by atoms with Crippen LogP contribution in [0.4, 0.5) is 0 Å². The zero-order valence-corrected chi connectivity index (χ0v) is 13.0. The maximum atomic E-state index is 7.49. The molecule has 3 rings (SSSR count). The zero-order valence-electron chi connectivity index (χ0n) is 12.2. The van der Waals surface area contributed by atoms with Crippen molar-refractivity contribution in [3.8, 4) is 11.1 Å². The summed E-state index contributed by atoms with van der Waals surface area (Å²) in [7, 11) is 0. The molecule has 0 radical (unpaired) electrons. The van der Waals surface area contributed by atoms with Gasteiger partial charge in [-0.3, -0.25) is 4.98 Å². The Bertz CT molecular complexity index is 864. The summed E-state index contributed by atoms with van der Waals surface area (Å²) < 4.78 is 1.13. The van der Waals surface area contributed by atoms with Gasteiger partial charge in [0, 0.05) is 35.5 Å². The predicted octanol–water partition coefficient (Wildman–Crippen LogP) is 3.87. The van der Waals surface area contributed by atoms with Crippen molar-refractivity contribution < 1.29 is 0 Å². The van der Waals surface area contributed by atoms with E-state index in [9.17, 15) is 0 Å². The number of nitrogens with two attached hydrogens (primary N) is 1. The van der Waals surface area contributed by atoms with Crippen LogP contribution < -0.4 is 5.73 Å². The topological polar surface area (TPSA) is 75.7 Å². The summed E-state index contributed by atoms with van der Waals surface area (Å²) in [6, 6.07) is 8.00. The van der Waals surface area contributed by atoms with Gasteiger partial charge in [0.25, 0.3) is 0 Å². The summed E-state index contributed by atoms with van der Waals surface area (Å²) in [6.07, 6.45) is 5.01. The summed E-state index contributed by atoms with van der Waals surface area (Å²) in [5.41, 5.74) is 11.3. The highest BCUT2D eigenvalue weighted by Crippen LogP contribution is 2.33. The van der Waals surface area contributed by atoms with E-state index < -0.39 is 0 Å². The normalized spacial score (nSPS) is 11.8. The van der Waals surface area contributed by atoms with Crippen LogP contribution in [0.5, 0.6) is 0 Å². The van der Waals surface area contributed by atoms with Crippen molar-refractivity contribution >= 4 is 33.3 Å². The van der Waals surface area contributed by atoms with E-state index in [0.29, 0.717) is 6.54 Å². The number of nitrogens with one attached hydrogen (secondary N) is 1. The Morgan fingerprint density at radius 2 is 2.23 bits per heavy atom. The van der Waals surface area contributed by atoms with Gasteiger partial charge in [-0.2, -0.15) is 0 Å². The second-order valence-corrected chi connectivity index (χ2v) is 5.73. The van der Waals surface area contributed by atoms with Gasteiger partial charge < -0.3 is 11.1 Å². The fraction of sp³-hybridized carbons (Fsp3) is 0.118. The number of thiophene rings is 1. The molecule has 0 aromatic carbocycles. The van der Waals surface area contributed by atoms with E-state index in [1.54, 1.807) is 17.5 Å². The fourth-order valence-corrected chi connectivity index (χ4v) is 3.25. The van der Waals surface area contributed by atoms with Gasteiger partial charge in [-0.25, -0.2) is 4.98 Å². The minimum absolute atomic E-state index is 0.422. The summed E-state index contributed by atoms with van der Waals surface area (Å²) in [5.74, 6) is 0. The van der Waals surface area contributed by atoms with Gasteiger partial charge in [0.05, 0.1) is 21.6 Å². The molecular weight excluding hydrogens is 292 g/mol. The Kier molecular flexibility index (Phi) is 4.09.